The van der Waals surface area contributed by atoms with Crippen molar-refractivity contribution in [3.63, 3.8) is 0 Å². The van der Waals surface area contributed by atoms with Crippen LogP contribution in [0.25, 0.3) is 0 Å². The van der Waals surface area contributed by atoms with Crippen LogP contribution >= 0.6 is 11.8 Å². The van der Waals surface area contributed by atoms with Crippen LogP contribution in [0.2, 0.25) is 0 Å². The molecule has 6 nitrogen and oxygen atoms in total. The standard InChI is InChI=1S/C23H25N3O3S/c1-29-19-14-8-7-13-18(19)25-21(27)15-20-22(28)26(17-11-5-6-12-17)23(30-20)24-16-9-3-2-4-10-16/h2-4,7-10,13-14,17,20H,5-6,11-12,15H2,1H3,(H,25,27)/t20-/m0/s1. The number of rotatable bonds is 6. The maximum absolute atomic E-state index is 13.2. The summed E-state index contributed by atoms with van der Waals surface area (Å²) in [7, 11) is 1.56. The van der Waals surface area contributed by atoms with Crippen LogP contribution < -0.4 is 10.1 Å². The average molecular weight is 424 g/mol. The van der Waals surface area contributed by atoms with Crippen LogP contribution in [0, 0.1) is 0 Å². The van der Waals surface area contributed by atoms with E-state index in [-0.39, 0.29) is 24.3 Å². The van der Waals surface area contributed by atoms with Crippen molar-refractivity contribution in [1.82, 2.24) is 4.90 Å². The van der Waals surface area contributed by atoms with Gasteiger partial charge in [-0.1, -0.05) is 54.9 Å². The fraction of sp³-hybridized carbons (Fsp3) is 0.348. The lowest BCUT2D eigenvalue weighted by Gasteiger charge is -2.23. The van der Waals surface area contributed by atoms with Gasteiger partial charge >= 0.3 is 0 Å². The van der Waals surface area contributed by atoms with Crippen LogP contribution in [0.15, 0.2) is 59.6 Å². The van der Waals surface area contributed by atoms with Gasteiger partial charge in [-0.05, 0) is 37.1 Å². The van der Waals surface area contributed by atoms with E-state index in [4.69, 9.17) is 9.73 Å². The number of para-hydroxylation sites is 3. The first-order valence-corrected chi connectivity index (χ1v) is 11.1. The van der Waals surface area contributed by atoms with Crippen LogP contribution in [-0.4, -0.2) is 40.3 Å². The summed E-state index contributed by atoms with van der Waals surface area (Å²) in [6, 6.07) is 17.1. The highest BCUT2D eigenvalue weighted by Gasteiger charge is 2.43. The Morgan fingerprint density at radius 1 is 1.13 bits per heavy atom. The summed E-state index contributed by atoms with van der Waals surface area (Å²) >= 11 is 1.39. The smallest absolute Gasteiger partial charge is 0.242 e. The molecule has 0 bridgehead atoms. The number of hydrogen-bond acceptors (Lipinski definition) is 5. The highest BCUT2D eigenvalue weighted by molar-refractivity contribution is 8.15. The van der Waals surface area contributed by atoms with Crippen LogP contribution in [0.1, 0.15) is 32.1 Å². The highest BCUT2D eigenvalue weighted by atomic mass is 32.2. The zero-order chi connectivity index (χ0) is 20.9. The molecule has 156 valence electrons. The van der Waals surface area contributed by atoms with Gasteiger partial charge < -0.3 is 10.1 Å². The van der Waals surface area contributed by atoms with Crippen LogP contribution in [-0.2, 0) is 9.59 Å². The van der Waals surface area contributed by atoms with Gasteiger partial charge in [-0.15, -0.1) is 0 Å². The molecule has 7 heteroatoms. The van der Waals surface area contributed by atoms with Gasteiger partial charge in [0.05, 0.1) is 18.5 Å². The zero-order valence-electron chi connectivity index (χ0n) is 16.9. The number of amidine groups is 1. The Hall–Kier alpha value is -2.80. The largest absolute Gasteiger partial charge is 0.495 e. The number of methoxy groups -OCH3 is 1. The number of amides is 2. The third-order valence-corrected chi connectivity index (χ3v) is 6.54. The summed E-state index contributed by atoms with van der Waals surface area (Å²) in [6.07, 6.45) is 4.31. The van der Waals surface area contributed by atoms with E-state index in [2.05, 4.69) is 5.32 Å². The lowest BCUT2D eigenvalue weighted by Crippen LogP contribution is -2.40. The minimum atomic E-state index is -0.470. The molecule has 1 heterocycles. The third-order valence-electron chi connectivity index (χ3n) is 5.39. The number of benzene rings is 2. The SMILES string of the molecule is COc1ccccc1NC(=O)C[C@@H]1SC(=Nc2ccccc2)N(C2CCCC2)C1=O. The minimum absolute atomic E-state index is 0.0169. The van der Waals surface area contributed by atoms with Crippen LogP contribution in [0.5, 0.6) is 5.75 Å². The second-order valence-corrected chi connectivity index (χ2v) is 8.61. The molecule has 2 aromatic carbocycles. The Labute approximate surface area is 180 Å². The predicted molar refractivity (Wildman–Crippen MR) is 120 cm³/mol. The monoisotopic (exact) mass is 423 g/mol. The van der Waals surface area contributed by atoms with Gasteiger partial charge in [-0.3, -0.25) is 14.5 Å². The number of carbonyl (C=O) groups excluding carboxylic acids is 2. The number of ether oxygens (including phenoxy) is 1. The molecule has 2 amide bonds. The number of thioether (sulfide) groups is 1. The number of nitrogens with zero attached hydrogens (tertiary/aromatic N) is 2. The summed E-state index contributed by atoms with van der Waals surface area (Å²) in [5.41, 5.74) is 1.42. The van der Waals surface area contributed by atoms with Crippen molar-refractivity contribution in [2.24, 2.45) is 4.99 Å². The van der Waals surface area contributed by atoms with Crippen LogP contribution in [0.4, 0.5) is 11.4 Å². The number of anilines is 1. The first kappa shape index (κ1) is 20.5. The quantitative estimate of drug-likeness (QED) is 0.737. The third kappa shape index (κ3) is 4.51. The molecule has 0 spiro atoms. The van der Waals surface area contributed by atoms with Gasteiger partial charge in [0, 0.05) is 12.5 Å². The minimum Gasteiger partial charge on any atom is -0.495 e. The molecular weight excluding hydrogens is 398 g/mol. The van der Waals surface area contributed by atoms with Crippen molar-refractivity contribution in [2.45, 2.75) is 43.4 Å². The van der Waals surface area contributed by atoms with Gasteiger partial charge in [-0.25, -0.2) is 4.99 Å². The molecule has 4 rings (SSSR count). The molecule has 2 aliphatic rings. The molecular formula is C23H25N3O3S. The van der Waals surface area contributed by atoms with E-state index < -0.39 is 5.25 Å². The van der Waals surface area contributed by atoms with Gasteiger partial charge in [0.15, 0.2) is 5.17 Å². The molecule has 1 saturated carbocycles. The highest BCUT2D eigenvalue weighted by Crippen LogP contribution is 2.37. The first-order chi connectivity index (χ1) is 14.7. The molecule has 2 aromatic rings. The van der Waals surface area contributed by atoms with Gasteiger partial charge in [0.1, 0.15) is 11.0 Å². The Bertz CT molecular complexity index is 942. The Morgan fingerprint density at radius 2 is 1.83 bits per heavy atom. The summed E-state index contributed by atoms with van der Waals surface area (Å²) in [5, 5.41) is 3.10. The Morgan fingerprint density at radius 3 is 2.57 bits per heavy atom. The lowest BCUT2D eigenvalue weighted by atomic mass is 10.2. The molecule has 0 radical (unpaired) electrons. The molecule has 0 aromatic heterocycles. The van der Waals surface area contributed by atoms with E-state index >= 15 is 0 Å². The second-order valence-electron chi connectivity index (χ2n) is 7.44. The molecule has 1 saturated heterocycles. The van der Waals surface area contributed by atoms with Crippen molar-refractivity contribution >= 4 is 40.1 Å². The summed E-state index contributed by atoms with van der Waals surface area (Å²) in [5.74, 6) is 0.365. The Balaban J connectivity index is 1.51. The molecule has 1 aliphatic heterocycles. The van der Waals surface area contributed by atoms with Crippen molar-refractivity contribution in [3.05, 3.63) is 54.6 Å². The number of carbonyl (C=O) groups is 2. The molecule has 0 unspecified atom stereocenters. The maximum Gasteiger partial charge on any atom is 0.242 e. The van der Waals surface area contributed by atoms with E-state index in [0.717, 1.165) is 31.4 Å². The van der Waals surface area contributed by atoms with Crippen molar-refractivity contribution in [1.29, 1.82) is 0 Å². The van der Waals surface area contributed by atoms with Crippen molar-refractivity contribution < 1.29 is 14.3 Å². The molecule has 2 fully saturated rings. The topological polar surface area (TPSA) is 71.0 Å². The van der Waals surface area contributed by atoms with Crippen molar-refractivity contribution in [3.8, 4) is 5.75 Å². The second kappa shape index (κ2) is 9.34. The van der Waals surface area contributed by atoms with E-state index in [1.807, 2.05) is 47.4 Å². The average Bonchev–Trinajstić information content (AvgIpc) is 3.37. The van der Waals surface area contributed by atoms with E-state index in [1.165, 1.54) is 11.8 Å². The van der Waals surface area contributed by atoms with Crippen LogP contribution in [0.3, 0.4) is 0 Å². The first-order valence-electron chi connectivity index (χ1n) is 10.2. The van der Waals surface area contributed by atoms with Gasteiger partial charge in [-0.2, -0.15) is 0 Å². The number of nitrogens with one attached hydrogen (secondary N) is 1. The number of hydrogen-bond donors (Lipinski definition) is 1. The normalized spacial score (nSPS) is 20.7. The van der Waals surface area contributed by atoms with Crippen molar-refractivity contribution in [2.75, 3.05) is 12.4 Å². The van der Waals surface area contributed by atoms with E-state index in [0.29, 0.717) is 16.6 Å². The van der Waals surface area contributed by atoms with Gasteiger partial charge in [0.25, 0.3) is 0 Å². The zero-order valence-corrected chi connectivity index (χ0v) is 17.7. The summed E-state index contributed by atoms with van der Waals surface area (Å²) in [4.78, 5) is 32.5. The van der Waals surface area contributed by atoms with E-state index in [9.17, 15) is 9.59 Å². The summed E-state index contributed by atoms with van der Waals surface area (Å²) in [6.45, 7) is 0. The molecule has 30 heavy (non-hydrogen) atoms. The summed E-state index contributed by atoms with van der Waals surface area (Å²) < 4.78 is 5.29. The molecule has 1 atom stereocenters. The molecule has 1 N–H and O–H groups in total. The predicted octanol–water partition coefficient (Wildman–Crippen LogP) is 4.60. The van der Waals surface area contributed by atoms with Gasteiger partial charge in [0.2, 0.25) is 11.8 Å². The number of aliphatic imine (C=N–C) groups is 1. The lowest BCUT2D eigenvalue weighted by molar-refractivity contribution is -0.129. The van der Waals surface area contributed by atoms with E-state index in [1.54, 1.807) is 19.2 Å². The fourth-order valence-corrected chi connectivity index (χ4v) is 5.14. The Kier molecular flexibility index (Phi) is 6.38. The maximum atomic E-state index is 13.2. The fourth-order valence-electron chi connectivity index (χ4n) is 3.92. The molecule has 1 aliphatic carbocycles.